The first kappa shape index (κ1) is 17.1. The highest BCUT2D eigenvalue weighted by Crippen LogP contribution is 2.39. The highest BCUT2D eigenvalue weighted by Gasteiger charge is 2.21. The van der Waals surface area contributed by atoms with Crippen LogP contribution in [0, 0.1) is 26.6 Å². The van der Waals surface area contributed by atoms with Crippen LogP contribution in [0.5, 0.6) is 0 Å². The minimum absolute atomic E-state index is 0.333. The molecule has 136 valence electrons. The standard InChI is InChI=1S/C22H18FNO3/c1-12-4-9-17(13(2)10-12)24-21-19(15-5-7-16(23)8-6-15)20-18(27-21)11-14(3)26-22(20)25/h4-11,24H,1-3H3. The van der Waals surface area contributed by atoms with Crippen molar-refractivity contribution >= 4 is 22.5 Å². The Labute approximate surface area is 155 Å². The Balaban J connectivity index is 1.96. The second-order valence-corrected chi connectivity index (χ2v) is 6.64. The summed E-state index contributed by atoms with van der Waals surface area (Å²) in [5.41, 5.74) is 4.22. The van der Waals surface area contributed by atoms with Gasteiger partial charge in [-0.3, -0.25) is 0 Å². The SMILES string of the molecule is Cc1ccc(Nc2oc3cc(C)oc(=O)c3c2-c2ccc(F)cc2)c(C)c1. The van der Waals surface area contributed by atoms with Crippen molar-refractivity contribution in [1.82, 2.24) is 0 Å². The number of hydrogen-bond acceptors (Lipinski definition) is 4. The van der Waals surface area contributed by atoms with E-state index in [0.29, 0.717) is 33.7 Å². The maximum Gasteiger partial charge on any atom is 0.347 e. The van der Waals surface area contributed by atoms with E-state index in [-0.39, 0.29) is 5.82 Å². The first-order valence-corrected chi connectivity index (χ1v) is 8.60. The lowest BCUT2D eigenvalue weighted by Gasteiger charge is -2.10. The molecule has 4 rings (SSSR count). The monoisotopic (exact) mass is 363 g/mol. The Kier molecular flexibility index (Phi) is 4.07. The Hall–Kier alpha value is -3.34. The second kappa shape index (κ2) is 6.43. The van der Waals surface area contributed by atoms with Crippen LogP contribution in [0.15, 0.2) is 62.2 Å². The first-order chi connectivity index (χ1) is 12.9. The van der Waals surface area contributed by atoms with Crippen LogP contribution in [0.25, 0.3) is 22.1 Å². The van der Waals surface area contributed by atoms with Gasteiger partial charge in [-0.25, -0.2) is 9.18 Å². The molecular weight excluding hydrogens is 345 g/mol. The highest BCUT2D eigenvalue weighted by molar-refractivity contribution is 6.00. The number of anilines is 2. The fraction of sp³-hybridized carbons (Fsp3) is 0.136. The molecule has 4 nitrogen and oxygen atoms in total. The van der Waals surface area contributed by atoms with E-state index in [1.54, 1.807) is 25.1 Å². The predicted octanol–water partition coefficient (Wildman–Crippen LogP) is 5.86. The van der Waals surface area contributed by atoms with Gasteiger partial charge in [0.2, 0.25) is 5.88 Å². The number of fused-ring (bicyclic) bond motifs is 1. The maximum absolute atomic E-state index is 13.4. The molecule has 27 heavy (non-hydrogen) atoms. The summed E-state index contributed by atoms with van der Waals surface area (Å²) in [6.45, 7) is 5.71. The molecule has 0 amide bonds. The van der Waals surface area contributed by atoms with Gasteiger partial charge in [0.1, 0.15) is 22.5 Å². The lowest BCUT2D eigenvalue weighted by Crippen LogP contribution is -2.00. The third-order valence-corrected chi connectivity index (χ3v) is 4.49. The highest BCUT2D eigenvalue weighted by atomic mass is 19.1. The molecule has 0 aliphatic carbocycles. The fourth-order valence-corrected chi connectivity index (χ4v) is 3.22. The Morgan fingerprint density at radius 2 is 1.67 bits per heavy atom. The normalized spacial score (nSPS) is 11.1. The van der Waals surface area contributed by atoms with Crippen LogP contribution in [0.2, 0.25) is 0 Å². The number of aryl methyl sites for hydroxylation is 3. The molecule has 0 fully saturated rings. The van der Waals surface area contributed by atoms with Crippen LogP contribution in [0.3, 0.4) is 0 Å². The minimum atomic E-state index is -0.484. The maximum atomic E-state index is 13.4. The van der Waals surface area contributed by atoms with Gasteiger partial charge in [0.25, 0.3) is 0 Å². The molecule has 2 heterocycles. The number of nitrogens with one attached hydrogen (secondary N) is 1. The number of rotatable bonds is 3. The van der Waals surface area contributed by atoms with Gasteiger partial charge >= 0.3 is 5.63 Å². The van der Waals surface area contributed by atoms with Gasteiger partial charge in [0, 0.05) is 11.8 Å². The van der Waals surface area contributed by atoms with Crippen molar-refractivity contribution < 1.29 is 13.2 Å². The van der Waals surface area contributed by atoms with E-state index >= 15 is 0 Å². The summed E-state index contributed by atoms with van der Waals surface area (Å²) in [5.74, 6) is 0.532. The molecule has 0 aliphatic rings. The first-order valence-electron chi connectivity index (χ1n) is 8.60. The van der Waals surface area contributed by atoms with Gasteiger partial charge in [-0.1, -0.05) is 29.8 Å². The minimum Gasteiger partial charge on any atom is -0.439 e. The zero-order chi connectivity index (χ0) is 19.1. The van der Waals surface area contributed by atoms with Gasteiger partial charge in [-0.15, -0.1) is 0 Å². The summed E-state index contributed by atoms with van der Waals surface area (Å²) < 4.78 is 24.6. The summed E-state index contributed by atoms with van der Waals surface area (Å²) in [6, 6.07) is 13.6. The van der Waals surface area contributed by atoms with Crippen molar-refractivity contribution in [1.29, 1.82) is 0 Å². The van der Waals surface area contributed by atoms with Crippen molar-refractivity contribution in [3.8, 4) is 11.1 Å². The molecule has 0 radical (unpaired) electrons. The van der Waals surface area contributed by atoms with E-state index in [1.165, 1.54) is 12.1 Å². The average Bonchev–Trinajstić information content (AvgIpc) is 2.96. The third kappa shape index (κ3) is 3.12. The van der Waals surface area contributed by atoms with Crippen molar-refractivity contribution in [2.45, 2.75) is 20.8 Å². The number of hydrogen-bond donors (Lipinski definition) is 1. The van der Waals surface area contributed by atoms with Crippen molar-refractivity contribution in [2.24, 2.45) is 0 Å². The summed E-state index contributed by atoms with van der Waals surface area (Å²) >= 11 is 0. The van der Waals surface area contributed by atoms with E-state index in [2.05, 4.69) is 11.4 Å². The molecule has 0 spiro atoms. The average molecular weight is 363 g/mol. The van der Waals surface area contributed by atoms with Gasteiger partial charge in [0.15, 0.2) is 0 Å². The second-order valence-electron chi connectivity index (χ2n) is 6.64. The fourth-order valence-electron chi connectivity index (χ4n) is 3.22. The van der Waals surface area contributed by atoms with Crippen LogP contribution in [0.4, 0.5) is 16.0 Å². The van der Waals surface area contributed by atoms with E-state index < -0.39 is 5.63 Å². The third-order valence-electron chi connectivity index (χ3n) is 4.49. The molecule has 2 aromatic heterocycles. The number of furan rings is 1. The van der Waals surface area contributed by atoms with Gasteiger partial charge in [0.05, 0.1) is 5.56 Å². The molecule has 0 aliphatic heterocycles. The lowest BCUT2D eigenvalue weighted by atomic mass is 10.0. The Morgan fingerprint density at radius 1 is 0.926 bits per heavy atom. The van der Waals surface area contributed by atoms with Crippen molar-refractivity contribution in [3.63, 3.8) is 0 Å². The zero-order valence-electron chi connectivity index (χ0n) is 15.2. The molecule has 4 aromatic rings. The zero-order valence-corrected chi connectivity index (χ0v) is 15.2. The number of benzene rings is 2. The van der Waals surface area contributed by atoms with Gasteiger partial charge in [-0.2, -0.15) is 0 Å². The van der Waals surface area contributed by atoms with E-state index in [1.807, 2.05) is 26.0 Å². The molecule has 0 saturated heterocycles. The molecule has 0 unspecified atom stereocenters. The summed E-state index contributed by atoms with van der Waals surface area (Å²) in [7, 11) is 0. The molecule has 0 atom stereocenters. The quantitative estimate of drug-likeness (QED) is 0.495. The van der Waals surface area contributed by atoms with Gasteiger partial charge < -0.3 is 14.2 Å². The van der Waals surface area contributed by atoms with Crippen LogP contribution >= 0.6 is 0 Å². The summed E-state index contributed by atoms with van der Waals surface area (Å²) in [4.78, 5) is 12.5. The van der Waals surface area contributed by atoms with Crippen LogP contribution in [-0.2, 0) is 0 Å². The van der Waals surface area contributed by atoms with E-state index in [0.717, 1.165) is 16.8 Å². The summed E-state index contributed by atoms with van der Waals surface area (Å²) in [5, 5.41) is 3.61. The largest absolute Gasteiger partial charge is 0.439 e. The van der Waals surface area contributed by atoms with E-state index in [4.69, 9.17) is 8.83 Å². The van der Waals surface area contributed by atoms with Crippen LogP contribution in [-0.4, -0.2) is 0 Å². The predicted molar refractivity (Wildman–Crippen MR) is 104 cm³/mol. The van der Waals surface area contributed by atoms with E-state index in [9.17, 15) is 9.18 Å². The Morgan fingerprint density at radius 3 is 2.37 bits per heavy atom. The van der Waals surface area contributed by atoms with Crippen molar-refractivity contribution in [2.75, 3.05) is 5.32 Å². The topological polar surface area (TPSA) is 55.4 Å². The smallest absolute Gasteiger partial charge is 0.347 e. The molecule has 5 heteroatoms. The van der Waals surface area contributed by atoms with Crippen LogP contribution < -0.4 is 10.9 Å². The molecule has 2 aromatic carbocycles. The molecular formula is C22H18FNO3. The Bertz CT molecular complexity index is 1200. The molecule has 0 bridgehead atoms. The van der Waals surface area contributed by atoms with Gasteiger partial charge in [-0.05, 0) is 50.1 Å². The van der Waals surface area contributed by atoms with Crippen LogP contribution in [0.1, 0.15) is 16.9 Å². The summed E-state index contributed by atoms with van der Waals surface area (Å²) in [6.07, 6.45) is 0. The van der Waals surface area contributed by atoms with Crippen molar-refractivity contribution in [3.05, 3.63) is 81.7 Å². The number of halogens is 1. The molecule has 0 saturated carbocycles. The molecule has 1 N–H and O–H groups in total. The lowest BCUT2D eigenvalue weighted by molar-refractivity contribution is 0.485.